The average Bonchev–Trinajstić information content (AvgIpc) is 2.83. The van der Waals surface area contributed by atoms with Gasteiger partial charge >= 0.3 is 0 Å². The summed E-state index contributed by atoms with van der Waals surface area (Å²) in [5, 5.41) is 3.41. The average molecular weight is 485 g/mol. The molecule has 172 valence electrons. The first-order valence-corrected chi connectivity index (χ1v) is 12.5. The number of hydrogen-bond donors (Lipinski definition) is 1. The summed E-state index contributed by atoms with van der Waals surface area (Å²) in [4.78, 5) is 13.1. The van der Waals surface area contributed by atoms with Crippen molar-refractivity contribution in [3.8, 4) is 5.75 Å². The second-order valence-corrected chi connectivity index (χ2v) is 10.3. The van der Waals surface area contributed by atoms with E-state index in [9.17, 15) is 13.2 Å². The van der Waals surface area contributed by atoms with E-state index in [1.165, 1.54) is 34.1 Å². The van der Waals surface area contributed by atoms with E-state index in [2.05, 4.69) is 17.4 Å². The van der Waals surface area contributed by atoms with Crippen LogP contribution in [-0.4, -0.2) is 33.0 Å². The first-order chi connectivity index (χ1) is 15.8. The van der Waals surface area contributed by atoms with Crippen molar-refractivity contribution in [1.29, 1.82) is 0 Å². The number of sulfonamides is 1. The van der Waals surface area contributed by atoms with E-state index in [1.807, 2.05) is 25.1 Å². The summed E-state index contributed by atoms with van der Waals surface area (Å²) in [5.41, 5.74) is 1.59. The van der Waals surface area contributed by atoms with Gasteiger partial charge in [0.1, 0.15) is 5.75 Å². The van der Waals surface area contributed by atoms with E-state index in [-0.39, 0.29) is 23.4 Å². The van der Waals surface area contributed by atoms with Crippen LogP contribution in [0, 0.1) is 0 Å². The fourth-order valence-electron chi connectivity index (χ4n) is 3.74. The lowest BCUT2D eigenvalue weighted by Crippen LogP contribution is -2.52. The molecule has 0 radical (unpaired) electrons. The number of hydrogen-bond acceptors (Lipinski definition) is 4. The van der Waals surface area contributed by atoms with Gasteiger partial charge in [-0.15, -0.1) is 0 Å². The molecule has 3 aromatic carbocycles. The largest absolute Gasteiger partial charge is 0.476 e. The molecule has 1 aliphatic rings. The summed E-state index contributed by atoms with van der Waals surface area (Å²) >= 11 is 5.93. The zero-order valence-electron chi connectivity index (χ0n) is 18.1. The number of carbonyl (C=O) groups is 1. The molecular formula is C25H25ClN2O4S. The molecule has 0 saturated heterocycles. The Bertz CT molecular complexity index is 1220. The summed E-state index contributed by atoms with van der Waals surface area (Å²) in [7, 11) is -3.92. The topological polar surface area (TPSA) is 75.7 Å². The highest BCUT2D eigenvalue weighted by Gasteiger charge is 2.37. The first kappa shape index (κ1) is 23.1. The smallest absolute Gasteiger partial charge is 0.264 e. The molecule has 1 heterocycles. The molecule has 0 fully saturated rings. The van der Waals surface area contributed by atoms with Crippen LogP contribution in [0.25, 0.3) is 0 Å². The number of para-hydroxylation sites is 2. The Balaban J connectivity index is 1.51. The van der Waals surface area contributed by atoms with Crippen LogP contribution in [0.3, 0.4) is 0 Å². The van der Waals surface area contributed by atoms with E-state index in [1.54, 1.807) is 24.3 Å². The fourth-order valence-corrected chi connectivity index (χ4v) is 5.34. The third-order valence-corrected chi connectivity index (χ3v) is 7.57. The minimum absolute atomic E-state index is 0.0963. The summed E-state index contributed by atoms with van der Waals surface area (Å²) in [6.45, 7) is 1.80. The Morgan fingerprint density at radius 2 is 1.73 bits per heavy atom. The number of nitrogens with one attached hydrogen (secondary N) is 1. The van der Waals surface area contributed by atoms with Crippen LogP contribution < -0.4 is 14.4 Å². The maximum atomic E-state index is 13.4. The fraction of sp³-hybridized carbons (Fsp3) is 0.240. The van der Waals surface area contributed by atoms with Gasteiger partial charge in [-0.1, -0.05) is 54.1 Å². The molecule has 1 amide bonds. The summed E-state index contributed by atoms with van der Waals surface area (Å²) in [6, 6.07) is 22.7. The molecule has 0 unspecified atom stereocenters. The lowest BCUT2D eigenvalue weighted by atomic mass is 10.1. The number of fused-ring (bicyclic) bond motifs is 1. The Hall–Kier alpha value is -3.03. The second-order valence-electron chi connectivity index (χ2n) is 8.00. The third kappa shape index (κ3) is 5.31. The molecule has 1 N–H and O–H groups in total. The van der Waals surface area contributed by atoms with Crippen molar-refractivity contribution in [3.05, 3.63) is 89.4 Å². The van der Waals surface area contributed by atoms with Crippen LogP contribution in [0.4, 0.5) is 5.69 Å². The number of carbonyl (C=O) groups excluding carboxylic acids is 1. The molecule has 0 aromatic heterocycles. The number of anilines is 1. The molecule has 8 heteroatoms. The third-order valence-electron chi connectivity index (χ3n) is 5.53. The van der Waals surface area contributed by atoms with Gasteiger partial charge < -0.3 is 10.1 Å². The van der Waals surface area contributed by atoms with Gasteiger partial charge in [-0.3, -0.25) is 9.10 Å². The number of aryl methyl sites for hydroxylation is 1. The molecule has 0 bridgehead atoms. The molecule has 0 spiro atoms. The van der Waals surface area contributed by atoms with Gasteiger partial charge in [0, 0.05) is 11.1 Å². The maximum Gasteiger partial charge on any atom is 0.264 e. The van der Waals surface area contributed by atoms with Crippen LogP contribution in [0.15, 0.2) is 83.8 Å². The van der Waals surface area contributed by atoms with Gasteiger partial charge in [-0.2, -0.15) is 0 Å². The molecule has 0 saturated carbocycles. The highest BCUT2D eigenvalue weighted by atomic mass is 35.5. The number of rotatable bonds is 7. The lowest BCUT2D eigenvalue weighted by molar-refractivity contribution is -0.128. The predicted molar refractivity (Wildman–Crippen MR) is 129 cm³/mol. The van der Waals surface area contributed by atoms with Crippen molar-refractivity contribution in [2.24, 2.45) is 0 Å². The highest BCUT2D eigenvalue weighted by Crippen LogP contribution is 2.37. The van der Waals surface area contributed by atoms with Crippen LogP contribution in [0.5, 0.6) is 5.75 Å². The summed E-state index contributed by atoms with van der Waals surface area (Å²) < 4.78 is 33.9. The molecule has 33 heavy (non-hydrogen) atoms. The predicted octanol–water partition coefficient (Wildman–Crippen LogP) is 4.43. The standard InChI is InChI=1S/C25H25ClN2O4S/c1-18(11-12-19-7-3-2-4-8-19)27-25(29)24-17-28(22-9-5-6-10-23(22)32-24)33(30,31)21-15-13-20(26)14-16-21/h2-10,13-16,18,24H,11-12,17H2,1H3,(H,27,29)/t18-,24+/m0/s1. The monoisotopic (exact) mass is 484 g/mol. The minimum atomic E-state index is -3.92. The van der Waals surface area contributed by atoms with E-state index >= 15 is 0 Å². The number of ether oxygens (including phenoxy) is 1. The Morgan fingerprint density at radius 3 is 2.45 bits per heavy atom. The van der Waals surface area contributed by atoms with E-state index < -0.39 is 16.1 Å². The van der Waals surface area contributed by atoms with E-state index in [0.717, 1.165) is 12.8 Å². The molecular weight excluding hydrogens is 460 g/mol. The number of amides is 1. The van der Waals surface area contributed by atoms with E-state index in [0.29, 0.717) is 16.5 Å². The number of halogens is 1. The van der Waals surface area contributed by atoms with Crippen molar-refractivity contribution in [3.63, 3.8) is 0 Å². The number of nitrogens with zero attached hydrogens (tertiary/aromatic N) is 1. The lowest BCUT2D eigenvalue weighted by Gasteiger charge is -2.35. The van der Waals surface area contributed by atoms with Gasteiger partial charge in [-0.25, -0.2) is 8.42 Å². The van der Waals surface area contributed by atoms with E-state index in [4.69, 9.17) is 16.3 Å². The van der Waals surface area contributed by atoms with Crippen molar-refractivity contribution >= 4 is 33.2 Å². The van der Waals surface area contributed by atoms with Crippen molar-refractivity contribution in [1.82, 2.24) is 5.32 Å². The first-order valence-electron chi connectivity index (χ1n) is 10.7. The summed E-state index contributed by atoms with van der Waals surface area (Å²) in [6.07, 6.45) is 0.612. The Morgan fingerprint density at radius 1 is 1.06 bits per heavy atom. The summed E-state index contributed by atoms with van der Waals surface area (Å²) in [5.74, 6) is -0.000233. The van der Waals surface area contributed by atoms with Crippen LogP contribution in [-0.2, 0) is 21.2 Å². The Labute approximate surface area is 199 Å². The van der Waals surface area contributed by atoms with Crippen molar-refractivity contribution < 1.29 is 17.9 Å². The Kier molecular flexibility index (Phi) is 6.91. The molecule has 4 rings (SSSR count). The van der Waals surface area contributed by atoms with Gasteiger partial charge in [0.25, 0.3) is 15.9 Å². The van der Waals surface area contributed by atoms with Gasteiger partial charge in [0.05, 0.1) is 17.1 Å². The quantitative estimate of drug-likeness (QED) is 0.538. The molecule has 3 aromatic rings. The van der Waals surface area contributed by atoms with Crippen LogP contribution in [0.1, 0.15) is 18.9 Å². The SMILES string of the molecule is C[C@@H](CCc1ccccc1)NC(=O)[C@H]1CN(S(=O)(=O)c2ccc(Cl)cc2)c2ccccc2O1. The maximum absolute atomic E-state index is 13.4. The van der Waals surface area contributed by atoms with Crippen LogP contribution in [0.2, 0.25) is 5.02 Å². The zero-order valence-corrected chi connectivity index (χ0v) is 19.7. The number of benzene rings is 3. The van der Waals surface area contributed by atoms with Crippen molar-refractivity contribution in [2.45, 2.75) is 36.8 Å². The van der Waals surface area contributed by atoms with Gasteiger partial charge in [-0.05, 0) is 61.7 Å². The minimum Gasteiger partial charge on any atom is -0.476 e. The second kappa shape index (κ2) is 9.85. The van der Waals surface area contributed by atoms with Crippen LogP contribution >= 0.6 is 11.6 Å². The van der Waals surface area contributed by atoms with Gasteiger partial charge in [0.2, 0.25) is 0 Å². The zero-order chi connectivity index (χ0) is 23.4. The van der Waals surface area contributed by atoms with Crippen molar-refractivity contribution in [2.75, 3.05) is 10.8 Å². The highest BCUT2D eigenvalue weighted by molar-refractivity contribution is 7.92. The molecule has 0 aliphatic carbocycles. The molecule has 6 nitrogen and oxygen atoms in total. The van der Waals surface area contributed by atoms with Gasteiger partial charge in [0.15, 0.2) is 6.10 Å². The molecule has 2 atom stereocenters. The molecule has 1 aliphatic heterocycles. The normalized spacial score (nSPS) is 16.4.